The van der Waals surface area contributed by atoms with Crippen molar-refractivity contribution in [1.29, 1.82) is 0 Å². The van der Waals surface area contributed by atoms with Gasteiger partial charge >= 0.3 is 0 Å². The fourth-order valence-corrected chi connectivity index (χ4v) is 4.40. The van der Waals surface area contributed by atoms with Crippen LogP contribution in [0.25, 0.3) is 11.1 Å². The SMILES string of the molecule is CCOc1ccccc1N1CC[N]C(c2c(-c3ccc(Cl)cc3)c(C)cn2C)C1. The molecule has 0 N–H and O–H groups in total. The van der Waals surface area contributed by atoms with E-state index in [9.17, 15) is 0 Å². The van der Waals surface area contributed by atoms with E-state index in [2.05, 4.69) is 53.9 Å². The van der Waals surface area contributed by atoms with Gasteiger partial charge in [0.15, 0.2) is 0 Å². The lowest BCUT2D eigenvalue weighted by molar-refractivity contribution is 0.338. The van der Waals surface area contributed by atoms with E-state index in [0.717, 1.165) is 36.1 Å². The molecule has 0 amide bonds. The zero-order chi connectivity index (χ0) is 20.4. The number of aryl methyl sites for hydroxylation is 2. The van der Waals surface area contributed by atoms with Crippen LogP contribution >= 0.6 is 11.6 Å². The van der Waals surface area contributed by atoms with Gasteiger partial charge in [0.05, 0.1) is 18.3 Å². The summed E-state index contributed by atoms with van der Waals surface area (Å²) in [4.78, 5) is 2.40. The maximum absolute atomic E-state index is 6.12. The molecule has 3 aromatic rings. The van der Waals surface area contributed by atoms with Crippen LogP contribution in [0.2, 0.25) is 5.02 Å². The Balaban J connectivity index is 1.68. The number of halogens is 1. The van der Waals surface area contributed by atoms with E-state index in [0.29, 0.717) is 6.61 Å². The maximum Gasteiger partial charge on any atom is 0.142 e. The molecule has 1 aromatic heterocycles. The first-order valence-corrected chi connectivity index (χ1v) is 10.5. The Morgan fingerprint density at radius 1 is 1.14 bits per heavy atom. The second-order valence-corrected chi connectivity index (χ2v) is 7.90. The van der Waals surface area contributed by atoms with Gasteiger partial charge in [-0.3, -0.25) is 0 Å². The van der Waals surface area contributed by atoms with Gasteiger partial charge in [0.1, 0.15) is 5.75 Å². The van der Waals surface area contributed by atoms with Crippen LogP contribution in [0, 0.1) is 6.92 Å². The molecule has 4 rings (SSSR count). The van der Waals surface area contributed by atoms with Crippen molar-refractivity contribution < 1.29 is 4.74 Å². The van der Waals surface area contributed by atoms with Crippen LogP contribution in [0.4, 0.5) is 5.69 Å². The number of anilines is 1. The Bertz CT molecular complexity index is 980. The summed E-state index contributed by atoms with van der Waals surface area (Å²) in [6, 6.07) is 16.5. The fraction of sp³-hybridized carbons (Fsp3) is 0.333. The Morgan fingerprint density at radius 2 is 1.90 bits per heavy atom. The first-order valence-electron chi connectivity index (χ1n) is 10.1. The standard InChI is InChI=1S/C24H27ClN3O/c1-4-29-22-8-6-5-7-21(22)28-14-13-26-20(16-28)24-23(17(2)15-27(24)3)18-9-11-19(25)12-10-18/h5-12,15,20H,4,13-14,16H2,1-3H3. The Labute approximate surface area is 178 Å². The molecule has 2 heterocycles. The predicted octanol–water partition coefficient (Wildman–Crippen LogP) is 5.22. The van der Waals surface area contributed by atoms with Crippen LogP contribution < -0.4 is 15.0 Å². The summed E-state index contributed by atoms with van der Waals surface area (Å²) < 4.78 is 8.10. The molecule has 0 aliphatic carbocycles. The second kappa shape index (κ2) is 8.52. The predicted molar refractivity (Wildman–Crippen MR) is 120 cm³/mol. The molecule has 0 bridgehead atoms. The van der Waals surface area contributed by atoms with Crippen molar-refractivity contribution in [2.45, 2.75) is 19.9 Å². The molecule has 5 heteroatoms. The van der Waals surface area contributed by atoms with E-state index in [1.54, 1.807) is 0 Å². The summed E-state index contributed by atoms with van der Waals surface area (Å²) >= 11 is 6.12. The minimum atomic E-state index is 0.0998. The lowest BCUT2D eigenvalue weighted by Gasteiger charge is -2.35. The van der Waals surface area contributed by atoms with E-state index < -0.39 is 0 Å². The number of ether oxygens (including phenoxy) is 1. The first kappa shape index (κ1) is 19.9. The molecular weight excluding hydrogens is 382 g/mol. The number of para-hydroxylation sites is 2. The molecule has 0 saturated carbocycles. The molecule has 1 fully saturated rings. The number of nitrogens with zero attached hydrogens (tertiary/aromatic N) is 3. The zero-order valence-electron chi connectivity index (χ0n) is 17.2. The van der Waals surface area contributed by atoms with E-state index in [-0.39, 0.29) is 6.04 Å². The molecule has 1 unspecified atom stereocenters. The zero-order valence-corrected chi connectivity index (χ0v) is 18.0. The third-order valence-electron chi connectivity index (χ3n) is 5.48. The minimum Gasteiger partial charge on any atom is -0.492 e. The van der Waals surface area contributed by atoms with Crippen LogP contribution in [-0.4, -0.2) is 30.8 Å². The largest absolute Gasteiger partial charge is 0.492 e. The summed E-state index contributed by atoms with van der Waals surface area (Å²) in [6.45, 7) is 7.39. The lowest BCUT2D eigenvalue weighted by Crippen LogP contribution is -2.43. The average Bonchev–Trinajstić information content (AvgIpc) is 3.03. The molecule has 0 spiro atoms. The van der Waals surface area contributed by atoms with Crippen molar-refractivity contribution in [3.05, 3.63) is 71.0 Å². The summed E-state index contributed by atoms with van der Waals surface area (Å²) in [5.74, 6) is 0.941. The third kappa shape index (κ3) is 4.00. The van der Waals surface area contributed by atoms with Gasteiger partial charge in [0, 0.05) is 49.2 Å². The average molecular weight is 409 g/mol. The minimum absolute atomic E-state index is 0.0998. The maximum atomic E-state index is 6.12. The Hall–Kier alpha value is -2.43. The smallest absolute Gasteiger partial charge is 0.142 e. The van der Waals surface area contributed by atoms with Gasteiger partial charge < -0.3 is 14.2 Å². The van der Waals surface area contributed by atoms with Crippen molar-refractivity contribution in [2.24, 2.45) is 7.05 Å². The van der Waals surface area contributed by atoms with Crippen molar-refractivity contribution in [3.63, 3.8) is 0 Å². The molecule has 1 aliphatic rings. The molecule has 29 heavy (non-hydrogen) atoms. The fourth-order valence-electron chi connectivity index (χ4n) is 4.28. The molecule has 1 radical (unpaired) electrons. The highest BCUT2D eigenvalue weighted by Gasteiger charge is 2.29. The molecule has 151 valence electrons. The van der Waals surface area contributed by atoms with E-state index in [4.69, 9.17) is 21.7 Å². The number of benzene rings is 2. The number of rotatable bonds is 5. The van der Waals surface area contributed by atoms with Crippen molar-refractivity contribution in [2.75, 3.05) is 31.1 Å². The van der Waals surface area contributed by atoms with Gasteiger partial charge in [0.2, 0.25) is 0 Å². The van der Waals surface area contributed by atoms with Crippen LogP contribution in [0.5, 0.6) is 5.75 Å². The van der Waals surface area contributed by atoms with Crippen molar-refractivity contribution in [1.82, 2.24) is 9.88 Å². The monoisotopic (exact) mass is 408 g/mol. The van der Waals surface area contributed by atoms with Gasteiger partial charge in [-0.15, -0.1) is 0 Å². The van der Waals surface area contributed by atoms with Crippen molar-refractivity contribution in [3.8, 4) is 16.9 Å². The molecule has 1 aliphatic heterocycles. The number of hydrogen-bond donors (Lipinski definition) is 0. The summed E-state index contributed by atoms with van der Waals surface area (Å²) in [6.07, 6.45) is 2.20. The van der Waals surface area contributed by atoms with Crippen LogP contribution in [0.15, 0.2) is 54.7 Å². The molecule has 1 atom stereocenters. The Kier molecular flexibility index (Phi) is 5.84. The van der Waals surface area contributed by atoms with Gasteiger partial charge in [-0.05, 0) is 49.2 Å². The highest BCUT2D eigenvalue weighted by Crippen LogP contribution is 2.37. The number of piperazine rings is 1. The van der Waals surface area contributed by atoms with Gasteiger partial charge in [0.25, 0.3) is 0 Å². The van der Waals surface area contributed by atoms with Gasteiger partial charge in [-0.1, -0.05) is 35.9 Å². The molecule has 4 nitrogen and oxygen atoms in total. The summed E-state index contributed by atoms with van der Waals surface area (Å²) in [5, 5.41) is 5.75. The highest BCUT2D eigenvalue weighted by molar-refractivity contribution is 6.30. The normalized spacial score (nSPS) is 16.8. The third-order valence-corrected chi connectivity index (χ3v) is 5.74. The van der Waals surface area contributed by atoms with E-state index >= 15 is 0 Å². The Morgan fingerprint density at radius 3 is 2.66 bits per heavy atom. The van der Waals surface area contributed by atoms with Gasteiger partial charge in [-0.2, -0.15) is 0 Å². The van der Waals surface area contributed by atoms with Crippen molar-refractivity contribution >= 4 is 17.3 Å². The lowest BCUT2D eigenvalue weighted by atomic mass is 9.97. The first-order chi connectivity index (χ1) is 14.1. The highest BCUT2D eigenvalue weighted by atomic mass is 35.5. The van der Waals surface area contributed by atoms with E-state index in [1.165, 1.54) is 22.4 Å². The topological polar surface area (TPSA) is 31.5 Å². The molecule has 1 saturated heterocycles. The van der Waals surface area contributed by atoms with Crippen LogP contribution in [0.1, 0.15) is 24.2 Å². The second-order valence-electron chi connectivity index (χ2n) is 7.46. The molecular formula is C24H27ClN3O. The van der Waals surface area contributed by atoms with Crippen LogP contribution in [-0.2, 0) is 7.05 Å². The van der Waals surface area contributed by atoms with Crippen LogP contribution in [0.3, 0.4) is 0 Å². The quantitative estimate of drug-likeness (QED) is 0.579. The molecule has 2 aromatic carbocycles. The van der Waals surface area contributed by atoms with Gasteiger partial charge in [-0.25, -0.2) is 5.32 Å². The van der Waals surface area contributed by atoms with E-state index in [1.807, 2.05) is 31.2 Å². The number of aromatic nitrogens is 1. The summed E-state index contributed by atoms with van der Waals surface area (Å²) in [5.41, 5.74) is 6.10. The number of hydrogen-bond acceptors (Lipinski definition) is 2. The summed E-state index contributed by atoms with van der Waals surface area (Å²) in [7, 11) is 2.12.